The number of carboxylic acids is 1. The number of carbonyl (C=O) groups is 2. The topological polar surface area (TPSA) is 83.6 Å². The number of rotatable bonds is 2. The quantitative estimate of drug-likeness (QED) is 0.847. The molecule has 1 aliphatic carbocycles. The average Bonchev–Trinajstić information content (AvgIpc) is 2.42. The number of aromatic carboxylic acids is 1. The third-order valence-electron chi connectivity index (χ3n) is 4.46. The standard InChI is InChI=1S/C15H18N2O3/c16-15(6-2-7-15)14(20)17-8-5-11-10(9-17)3-1-4-12(11)13(18)19/h1,3-4H,2,5-9,16H2,(H,18,19). The molecule has 2 aliphatic rings. The van der Waals surface area contributed by atoms with Crippen LogP contribution in [0.2, 0.25) is 0 Å². The number of amides is 1. The van der Waals surface area contributed by atoms with Gasteiger partial charge in [0.2, 0.25) is 5.91 Å². The summed E-state index contributed by atoms with van der Waals surface area (Å²) in [6.45, 7) is 1.02. The molecule has 1 fully saturated rings. The van der Waals surface area contributed by atoms with E-state index in [2.05, 4.69) is 0 Å². The van der Waals surface area contributed by atoms with Gasteiger partial charge < -0.3 is 15.7 Å². The molecule has 0 spiro atoms. The van der Waals surface area contributed by atoms with Crippen LogP contribution >= 0.6 is 0 Å². The summed E-state index contributed by atoms with van der Waals surface area (Å²) in [5.41, 5.74) is 7.53. The van der Waals surface area contributed by atoms with Gasteiger partial charge in [-0.05, 0) is 42.9 Å². The highest BCUT2D eigenvalue weighted by Crippen LogP contribution is 2.33. The van der Waals surface area contributed by atoms with E-state index in [9.17, 15) is 14.7 Å². The van der Waals surface area contributed by atoms with Gasteiger partial charge in [0.05, 0.1) is 11.1 Å². The first-order chi connectivity index (χ1) is 9.51. The summed E-state index contributed by atoms with van der Waals surface area (Å²) in [5, 5.41) is 9.19. The molecule has 1 aliphatic heterocycles. The molecule has 1 aromatic carbocycles. The van der Waals surface area contributed by atoms with Crippen molar-refractivity contribution in [3.05, 3.63) is 34.9 Å². The molecule has 0 aromatic heterocycles. The lowest BCUT2D eigenvalue weighted by Gasteiger charge is -2.42. The number of nitrogens with two attached hydrogens (primary N) is 1. The molecule has 5 nitrogen and oxygen atoms in total. The summed E-state index contributed by atoms with van der Waals surface area (Å²) in [6.07, 6.45) is 3.10. The van der Waals surface area contributed by atoms with E-state index in [1.165, 1.54) is 0 Å². The molecule has 20 heavy (non-hydrogen) atoms. The van der Waals surface area contributed by atoms with Crippen molar-refractivity contribution in [1.82, 2.24) is 4.90 Å². The minimum absolute atomic E-state index is 0.00938. The maximum atomic E-state index is 12.4. The number of carboxylic acid groups (broad SMARTS) is 1. The highest BCUT2D eigenvalue weighted by atomic mass is 16.4. The number of benzene rings is 1. The molecule has 0 radical (unpaired) electrons. The van der Waals surface area contributed by atoms with Crippen molar-refractivity contribution in [2.24, 2.45) is 5.73 Å². The number of carbonyl (C=O) groups excluding carboxylic acids is 1. The molecule has 1 aromatic rings. The fourth-order valence-electron chi connectivity index (χ4n) is 3.07. The molecule has 0 saturated heterocycles. The maximum absolute atomic E-state index is 12.4. The van der Waals surface area contributed by atoms with E-state index in [0.717, 1.165) is 30.4 Å². The summed E-state index contributed by atoms with van der Waals surface area (Å²) in [7, 11) is 0. The molecule has 1 amide bonds. The second-order valence-corrected chi connectivity index (χ2v) is 5.73. The minimum Gasteiger partial charge on any atom is -0.478 e. The van der Waals surface area contributed by atoms with Crippen LogP contribution < -0.4 is 5.73 Å². The van der Waals surface area contributed by atoms with E-state index in [1.54, 1.807) is 17.0 Å². The van der Waals surface area contributed by atoms with Crippen LogP contribution in [0.25, 0.3) is 0 Å². The zero-order valence-corrected chi connectivity index (χ0v) is 11.3. The third kappa shape index (κ3) is 1.98. The Morgan fingerprint density at radius 2 is 2.05 bits per heavy atom. The predicted octanol–water partition coefficient (Wildman–Crippen LogP) is 1.15. The van der Waals surface area contributed by atoms with Crippen molar-refractivity contribution < 1.29 is 14.7 Å². The van der Waals surface area contributed by atoms with E-state index in [1.807, 2.05) is 6.07 Å². The van der Waals surface area contributed by atoms with Gasteiger partial charge in [-0.3, -0.25) is 4.79 Å². The first kappa shape index (κ1) is 13.1. The zero-order chi connectivity index (χ0) is 14.3. The Morgan fingerprint density at radius 3 is 2.65 bits per heavy atom. The lowest BCUT2D eigenvalue weighted by atomic mass is 9.76. The Labute approximate surface area is 117 Å². The van der Waals surface area contributed by atoms with Crippen LogP contribution in [-0.2, 0) is 17.8 Å². The van der Waals surface area contributed by atoms with Gasteiger partial charge in [-0.25, -0.2) is 4.79 Å². The molecule has 3 rings (SSSR count). The van der Waals surface area contributed by atoms with Gasteiger partial charge in [-0.1, -0.05) is 12.1 Å². The molecule has 0 unspecified atom stereocenters. The Hall–Kier alpha value is -1.88. The third-order valence-corrected chi connectivity index (χ3v) is 4.46. The van der Waals surface area contributed by atoms with Crippen molar-refractivity contribution in [2.45, 2.75) is 37.8 Å². The number of hydrogen-bond acceptors (Lipinski definition) is 3. The maximum Gasteiger partial charge on any atom is 0.335 e. The summed E-state index contributed by atoms with van der Waals surface area (Å²) >= 11 is 0. The van der Waals surface area contributed by atoms with Crippen LogP contribution in [0.15, 0.2) is 18.2 Å². The highest BCUT2D eigenvalue weighted by molar-refractivity contribution is 5.90. The smallest absolute Gasteiger partial charge is 0.335 e. The fraction of sp³-hybridized carbons (Fsp3) is 0.467. The molecule has 3 N–H and O–H groups in total. The van der Waals surface area contributed by atoms with Crippen LogP contribution in [0, 0.1) is 0 Å². The molecule has 1 saturated carbocycles. The number of hydrogen-bond donors (Lipinski definition) is 2. The summed E-state index contributed by atoms with van der Waals surface area (Å²) in [4.78, 5) is 25.4. The fourth-order valence-corrected chi connectivity index (χ4v) is 3.07. The molecule has 0 bridgehead atoms. The predicted molar refractivity (Wildman–Crippen MR) is 73.3 cm³/mol. The van der Waals surface area contributed by atoms with Crippen LogP contribution in [0.1, 0.15) is 40.7 Å². The Balaban J connectivity index is 1.84. The Kier molecular flexibility index (Phi) is 3.01. The van der Waals surface area contributed by atoms with Gasteiger partial charge in [-0.15, -0.1) is 0 Å². The van der Waals surface area contributed by atoms with Gasteiger partial charge in [-0.2, -0.15) is 0 Å². The minimum atomic E-state index is -0.907. The van der Waals surface area contributed by atoms with Crippen molar-refractivity contribution in [2.75, 3.05) is 6.54 Å². The van der Waals surface area contributed by atoms with Gasteiger partial charge in [0.25, 0.3) is 0 Å². The largest absolute Gasteiger partial charge is 0.478 e. The van der Waals surface area contributed by atoms with Crippen molar-refractivity contribution in [3.63, 3.8) is 0 Å². The van der Waals surface area contributed by atoms with E-state index in [0.29, 0.717) is 25.1 Å². The zero-order valence-electron chi connectivity index (χ0n) is 11.3. The van der Waals surface area contributed by atoms with Crippen LogP contribution in [0.5, 0.6) is 0 Å². The molecule has 5 heteroatoms. The summed E-state index contributed by atoms with van der Waals surface area (Å²) in [5.74, 6) is -0.897. The van der Waals surface area contributed by atoms with Gasteiger partial charge in [0.1, 0.15) is 0 Å². The normalized spacial score (nSPS) is 19.9. The van der Waals surface area contributed by atoms with Crippen LogP contribution in [-0.4, -0.2) is 34.0 Å². The van der Waals surface area contributed by atoms with Crippen LogP contribution in [0.4, 0.5) is 0 Å². The lowest BCUT2D eigenvalue weighted by Crippen LogP contribution is -2.60. The summed E-state index contributed by atoms with van der Waals surface area (Å²) in [6, 6.07) is 5.25. The van der Waals surface area contributed by atoms with E-state index < -0.39 is 11.5 Å². The Bertz CT molecular complexity index is 578. The second-order valence-electron chi connectivity index (χ2n) is 5.73. The number of fused-ring (bicyclic) bond motifs is 1. The van der Waals surface area contributed by atoms with Gasteiger partial charge in [0, 0.05) is 13.1 Å². The molecular formula is C15H18N2O3. The molecule has 1 heterocycles. The Morgan fingerprint density at radius 1 is 1.30 bits per heavy atom. The van der Waals surface area contributed by atoms with E-state index in [-0.39, 0.29) is 5.91 Å². The number of nitrogens with zero attached hydrogens (tertiary/aromatic N) is 1. The lowest BCUT2D eigenvalue weighted by molar-refractivity contribution is -0.141. The monoisotopic (exact) mass is 274 g/mol. The van der Waals surface area contributed by atoms with Gasteiger partial charge in [0.15, 0.2) is 0 Å². The first-order valence-corrected chi connectivity index (χ1v) is 6.93. The molecule has 106 valence electrons. The van der Waals surface area contributed by atoms with Crippen molar-refractivity contribution >= 4 is 11.9 Å². The van der Waals surface area contributed by atoms with E-state index >= 15 is 0 Å². The van der Waals surface area contributed by atoms with Crippen molar-refractivity contribution in [1.29, 1.82) is 0 Å². The first-order valence-electron chi connectivity index (χ1n) is 6.93. The SMILES string of the molecule is NC1(C(=O)N2CCc3c(cccc3C(=O)O)C2)CCC1. The van der Waals surface area contributed by atoms with E-state index in [4.69, 9.17) is 5.73 Å². The van der Waals surface area contributed by atoms with Crippen LogP contribution in [0.3, 0.4) is 0 Å². The van der Waals surface area contributed by atoms with Gasteiger partial charge >= 0.3 is 5.97 Å². The summed E-state index contributed by atoms with van der Waals surface area (Å²) < 4.78 is 0. The second kappa shape index (κ2) is 4.59. The van der Waals surface area contributed by atoms with Crippen molar-refractivity contribution in [3.8, 4) is 0 Å². The molecule has 0 atom stereocenters. The average molecular weight is 274 g/mol. The highest BCUT2D eigenvalue weighted by Gasteiger charge is 2.43. The molecular weight excluding hydrogens is 256 g/mol.